The summed E-state index contributed by atoms with van der Waals surface area (Å²) in [4.78, 5) is 14.1. The second kappa shape index (κ2) is 9.50. The lowest BCUT2D eigenvalue weighted by Gasteiger charge is -2.18. The Balaban J connectivity index is 2.52. The summed E-state index contributed by atoms with van der Waals surface area (Å²) in [6.07, 6.45) is 1.03. The van der Waals surface area contributed by atoms with Gasteiger partial charge in [-0.25, -0.2) is 0 Å². The molecular formula is C16H27N3O. The summed E-state index contributed by atoms with van der Waals surface area (Å²) >= 11 is 0. The summed E-state index contributed by atoms with van der Waals surface area (Å²) in [5.74, 6) is 0.0124. The zero-order valence-corrected chi connectivity index (χ0v) is 12.9. The summed E-state index contributed by atoms with van der Waals surface area (Å²) < 4.78 is 0. The van der Waals surface area contributed by atoms with Crippen LogP contribution in [-0.2, 0) is 11.3 Å². The molecule has 0 atom stereocenters. The molecule has 0 aliphatic carbocycles. The van der Waals surface area contributed by atoms with Crippen LogP contribution >= 0.6 is 0 Å². The van der Waals surface area contributed by atoms with Crippen molar-refractivity contribution in [3.8, 4) is 0 Å². The molecule has 0 aliphatic heterocycles. The highest BCUT2D eigenvalue weighted by Gasteiger charge is 2.04. The van der Waals surface area contributed by atoms with Gasteiger partial charge in [0.1, 0.15) is 0 Å². The molecule has 0 spiro atoms. The van der Waals surface area contributed by atoms with Crippen LogP contribution in [0.2, 0.25) is 0 Å². The van der Waals surface area contributed by atoms with Gasteiger partial charge in [-0.05, 0) is 43.8 Å². The Labute approximate surface area is 122 Å². The smallest absolute Gasteiger partial charge is 0.238 e. The van der Waals surface area contributed by atoms with Crippen LogP contribution < -0.4 is 10.6 Å². The number of nitrogens with zero attached hydrogens (tertiary/aromatic N) is 1. The second-order valence-electron chi connectivity index (χ2n) is 4.89. The highest BCUT2D eigenvalue weighted by molar-refractivity contribution is 5.92. The summed E-state index contributed by atoms with van der Waals surface area (Å²) in [5.41, 5.74) is 2.10. The van der Waals surface area contributed by atoms with Crippen molar-refractivity contribution in [1.29, 1.82) is 0 Å². The lowest BCUT2D eigenvalue weighted by Crippen LogP contribution is -2.28. The highest BCUT2D eigenvalue weighted by Crippen LogP contribution is 2.12. The van der Waals surface area contributed by atoms with Crippen LogP contribution in [-0.4, -0.2) is 37.0 Å². The molecule has 2 N–H and O–H groups in total. The van der Waals surface area contributed by atoms with Gasteiger partial charge in [-0.2, -0.15) is 0 Å². The van der Waals surface area contributed by atoms with Gasteiger partial charge in [-0.1, -0.05) is 32.9 Å². The minimum absolute atomic E-state index is 0.0124. The molecule has 0 aromatic heterocycles. The van der Waals surface area contributed by atoms with Crippen LogP contribution in [0.4, 0.5) is 5.69 Å². The number of anilines is 1. The largest absolute Gasteiger partial charge is 0.325 e. The third-order valence-corrected chi connectivity index (χ3v) is 3.22. The molecule has 20 heavy (non-hydrogen) atoms. The van der Waals surface area contributed by atoms with Crippen molar-refractivity contribution < 1.29 is 4.79 Å². The normalized spacial score (nSPS) is 10.8. The first-order chi connectivity index (χ1) is 9.69. The Bertz CT molecular complexity index is 402. The predicted octanol–water partition coefficient (Wildman–Crippen LogP) is 2.47. The minimum atomic E-state index is 0.0124. The van der Waals surface area contributed by atoms with Crippen molar-refractivity contribution in [2.75, 3.05) is 31.5 Å². The van der Waals surface area contributed by atoms with Gasteiger partial charge in [-0.3, -0.25) is 9.69 Å². The van der Waals surface area contributed by atoms with Crippen molar-refractivity contribution in [3.05, 3.63) is 29.8 Å². The maximum atomic E-state index is 11.7. The third-order valence-electron chi connectivity index (χ3n) is 3.22. The molecule has 1 rings (SSSR count). The van der Waals surface area contributed by atoms with Gasteiger partial charge < -0.3 is 10.6 Å². The van der Waals surface area contributed by atoms with Gasteiger partial charge in [0.2, 0.25) is 5.91 Å². The summed E-state index contributed by atoms with van der Waals surface area (Å²) in [6.45, 7) is 10.6. The van der Waals surface area contributed by atoms with E-state index in [0.717, 1.165) is 38.3 Å². The fourth-order valence-corrected chi connectivity index (χ4v) is 2.04. The van der Waals surface area contributed by atoms with E-state index in [-0.39, 0.29) is 5.91 Å². The molecule has 112 valence electrons. The van der Waals surface area contributed by atoms with Gasteiger partial charge in [-0.15, -0.1) is 0 Å². The number of hydrogen-bond acceptors (Lipinski definition) is 3. The molecule has 0 bridgehead atoms. The number of benzene rings is 1. The zero-order chi connectivity index (χ0) is 14.8. The summed E-state index contributed by atoms with van der Waals surface area (Å²) in [5, 5.41) is 6.03. The molecule has 1 aromatic carbocycles. The number of carbonyl (C=O) groups is 1. The highest BCUT2D eigenvalue weighted by atomic mass is 16.1. The molecule has 1 aromatic rings. The Morgan fingerprint density at radius 3 is 2.60 bits per heavy atom. The monoisotopic (exact) mass is 277 g/mol. The first kappa shape index (κ1) is 16.7. The third kappa shape index (κ3) is 6.17. The first-order valence-corrected chi connectivity index (χ1v) is 7.51. The number of rotatable bonds is 9. The van der Waals surface area contributed by atoms with Crippen LogP contribution in [0.3, 0.4) is 0 Å². The molecule has 0 saturated carbocycles. The second-order valence-corrected chi connectivity index (χ2v) is 4.89. The molecule has 0 fully saturated rings. The number of carbonyl (C=O) groups excluding carboxylic acids is 1. The lowest BCUT2D eigenvalue weighted by atomic mass is 10.2. The SMILES string of the molecule is CCCNCC(=O)Nc1cccc(CN(CC)CC)c1. The molecule has 0 unspecified atom stereocenters. The summed E-state index contributed by atoms with van der Waals surface area (Å²) in [6, 6.07) is 8.08. The van der Waals surface area contributed by atoms with Crippen molar-refractivity contribution in [2.24, 2.45) is 0 Å². The minimum Gasteiger partial charge on any atom is -0.325 e. The van der Waals surface area contributed by atoms with E-state index in [4.69, 9.17) is 0 Å². The van der Waals surface area contributed by atoms with Crippen molar-refractivity contribution in [3.63, 3.8) is 0 Å². The van der Waals surface area contributed by atoms with Crippen LogP contribution in [0.15, 0.2) is 24.3 Å². The van der Waals surface area contributed by atoms with Crippen LogP contribution in [0.5, 0.6) is 0 Å². The van der Waals surface area contributed by atoms with Crippen molar-refractivity contribution >= 4 is 11.6 Å². The standard InChI is InChI=1S/C16H27N3O/c1-4-10-17-12-16(20)18-15-9-7-8-14(11-15)13-19(5-2)6-3/h7-9,11,17H,4-6,10,12-13H2,1-3H3,(H,18,20). The fraction of sp³-hybridized carbons (Fsp3) is 0.562. The van der Waals surface area contributed by atoms with Gasteiger partial charge in [0.05, 0.1) is 6.54 Å². The van der Waals surface area contributed by atoms with Crippen LogP contribution in [0, 0.1) is 0 Å². The van der Waals surface area contributed by atoms with E-state index >= 15 is 0 Å². The van der Waals surface area contributed by atoms with Crippen LogP contribution in [0.1, 0.15) is 32.8 Å². The number of amides is 1. The Morgan fingerprint density at radius 2 is 1.95 bits per heavy atom. The quantitative estimate of drug-likeness (QED) is 0.682. The average molecular weight is 277 g/mol. The molecule has 0 heterocycles. The van der Waals surface area contributed by atoms with E-state index in [1.54, 1.807) is 0 Å². The molecule has 0 radical (unpaired) electrons. The van der Waals surface area contributed by atoms with E-state index in [9.17, 15) is 4.79 Å². The van der Waals surface area contributed by atoms with Crippen molar-refractivity contribution in [1.82, 2.24) is 10.2 Å². The molecule has 0 saturated heterocycles. The molecular weight excluding hydrogens is 250 g/mol. The van der Waals surface area contributed by atoms with Gasteiger partial charge >= 0.3 is 0 Å². The molecule has 1 amide bonds. The number of hydrogen-bond donors (Lipinski definition) is 2. The van der Waals surface area contributed by atoms with E-state index in [2.05, 4.69) is 48.4 Å². The summed E-state index contributed by atoms with van der Waals surface area (Å²) in [7, 11) is 0. The van der Waals surface area contributed by atoms with Crippen LogP contribution in [0.25, 0.3) is 0 Å². The topological polar surface area (TPSA) is 44.4 Å². The molecule has 4 nitrogen and oxygen atoms in total. The Morgan fingerprint density at radius 1 is 1.20 bits per heavy atom. The maximum Gasteiger partial charge on any atom is 0.238 e. The maximum absolute atomic E-state index is 11.7. The number of nitrogens with one attached hydrogen (secondary N) is 2. The predicted molar refractivity (Wildman–Crippen MR) is 84.9 cm³/mol. The zero-order valence-electron chi connectivity index (χ0n) is 12.9. The Hall–Kier alpha value is -1.39. The first-order valence-electron chi connectivity index (χ1n) is 7.51. The van der Waals surface area contributed by atoms with Crippen molar-refractivity contribution in [2.45, 2.75) is 33.7 Å². The average Bonchev–Trinajstić information content (AvgIpc) is 2.45. The van der Waals surface area contributed by atoms with E-state index in [1.807, 2.05) is 12.1 Å². The van der Waals surface area contributed by atoms with Gasteiger partial charge in [0, 0.05) is 12.2 Å². The molecule has 4 heteroatoms. The van der Waals surface area contributed by atoms with Gasteiger partial charge in [0.25, 0.3) is 0 Å². The van der Waals surface area contributed by atoms with E-state index in [0.29, 0.717) is 6.54 Å². The Kier molecular flexibility index (Phi) is 7.92. The molecule has 0 aliphatic rings. The van der Waals surface area contributed by atoms with E-state index < -0.39 is 0 Å². The van der Waals surface area contributed by atoms with Gasteiger partial charge in [0.15, 0.2) is 0 Å². The van der Waals surface area contributed by atoms with E-state index in [1.165, 1.54) is 5.56 Å². The fourth-order valence-electron chi connectivity index (χ4n) is 2.04. The lowest BCUT2D eigenvalue weighted by molar-refractivity contribution is -0.115.